The Morgan fingerprint density at radius 3 is 1.54 bits per heavy atom. The van der Waals surface area contributed by atoms with E-state index in [0.29, 0.717) is 52.5 Å². The van der Waals surface area contributed by atoms with Gasteiger partial charge >= 0.3 is 11.9 Å². The highest BCUT2D eigenvalue weighted by atomic mass is 16.6. The fourth-order valence-electron chi connectivity index (χ4n) is 2.20. The zero-order chi connectivity index (χ0) is 17.6. The SMILES string of the molecule is COC(=O)C[C@@H]1OCCCOCCOCCCO[C@H]1CC(=O)OC. The van der Waals surface area contributed by atoms with Crippen LogP contribution in [-0.2, 0) is 38.0 Å². The first-order valence-corrected chi connectivity index (χ1v) is 8.19. The number of hydrogen-bond donors (Lipinski definition) is 0. The van der Waals surface area contributed by atoms with Crippen molar-refractivity contribution < 1.29 is 38.0 Å². The van der Waals surface area contributed by atoms with Gasteiger partial charge in [0.25, 0.3) is 0 Å². The number of hydrogen-bond acceptors (Lipinski definition) is 8. The maximum atomic E-state index is 11.6. The topological polar surface area (TPSA) is 89.5 Å². The molecule has 8 nitrogen and oxygen atoms in total. The third-order valence-corrected chi connectivity index (χ3v) is 3.51. The Morgan fingerprint density at radius 2 is 1.17 bits per heavy atom. The van der Waals surface area contributed by atoms with Crippen LogP contribution in [0.5, 0.6) is 0 Å². The van der Waals surface area contributed by atoms with Crippen LogP contribution in [0, 0.1) is 0 Å². The molecule has 2 atom stereocenters. The van der Waals surface area contributed by atoms with Crippen molar-refractivity contribution in [1.82, 2.24) is 0 Å². The summed E-state index contributed by atoms with van der Waals surface area (Å²) in [5, 5.41) is 0. The van der Waals surface area contributed by atoms with Crippen LogP contribution >= 0.6 is 0 Å². The van der Waals surface area contributed by atoms with E-state index in [9.17, 15) is 9.59 Å². The van der Waals surface area contributed by atoms with Gasteiger partial charge in [0.1, 0.15) is 0 Å². The van der Waals surface area contributed by atoms with Gasteiger partial charge in [-0.3, -0.25) is 9.59 Å². The number of methoxy groups -OCH3 is 2. The Hall–Kier alpha value is -1.22. The van der Waals surface area contributed by atoms with Crippen LogP contribution in [0.3, 0.4) is 0 Å². The van der Waals surface area contributed by atoms with E-state index in [4.69, 9.17) is 28.4 Å². The first-order valence-electron chi connectivity index (χ1n) is 8.19. The van der Waals surface area contributed by atoms with Gasteiger partial charge in [0.2, 0.25) is 0 Å². The molecule has 1 aliphatic rings. The Morgan fingerprint density at radius 1 is 0.750 bits per heavy atom. The minimum absolute atomic E-state index is 0.00944. The standard InChI is InChI=1S/C16H28O8/c1-19-15(17)11-13-14(12-16(18)20-2)24-8-4-6-22-10-9-21-5-3-7-23-13/h13-14H,3-12H2,1-2H3/t13-,14-/m0/s1. The van der Waals surface area contributed by atoms with Crippen LogP contribution < -0.4 is 0 Å². The largest absolute Gasteiger partial charge is 0.469 e. The molecule has 0 bridgehead atoms. The molecule has 0 spiro atoms. The quantitative estimate of drug-likeness (QED) is 0.686. The Balaban J connectivity index is 2.70. The molecule has 0 aromatic carbocycles. The molecule has 0 aliphatic carbocycles. The van der Waals surface area contributed by atoms with Gasteiger partial charge < -0.3 is 28.4 Å². The van der Waals surface area contributed by atoms with Crippen molar-refractivity contribution in [3.8, 4) is 0 Å². The molecule has 0 saturated carbocycles. The van der Waals surface area contributed by atoms with Crippen molar-refractivity contribution in [2.75, 3.05) is 53.9 Å². The average molecular weight is 348 g/mol. The summed E-state index contributed by atoms with van der Waals surface area (Å²) in [5.74, 6) is -0.835. The number of esters is 2. The summed E-state index contributed by atoms with van der Waals surface area (Å²) < 4.78 is 31.8. The van der Waals surface area contributed by atoms with Crippen LogP contribution in [0.2, 0.25) is 0 Å². The third kappa shape index (κ3) is 9.17. The molecule has 1 rings (SSSR count). The van der Waals surface area contributed by atoms with E-state index in [-0.39, 0.29) is 12.8 Å². The van der Waals surface area contributed by atoms with Crippen molar-refractivity contribution in [2.24, 2.45) is 0 Å². The second kappa shape index (κ2) is 13.1. The smallest absolute Gasteiger partial charge is 0.308 e. The van der Waals surface area contributed by atoms with Gasteiger partial charge in [-0.2, -0.15) is 0 Å². The fraction of sp³-hybridized carbons (Fsp3) is 0.875. The van der Waals surface area contributed by atoms with Gasteiger partial charge in [-0.25, -0.2) is 0 Å². The molecule has 8 heteroatoms. The second-order valence-corrected chi connectivity index (χ2v) is 5.31. The lowest BCUT2D eigenvalue weighted by Gasteiger charge is -2.26. The summed E-state index contributed by atoms with van der Waals surface area (Å²) in [4.78, 5) is 23.3. The van der Waals surface area contributed by atoms with Crippen molar-refractivity contribution in [1.29, 1.82) is 0 Å². The minimum Gasteiger partial charge on any atom is -0.469 e. The third-order valence-electron chi connectivity index (χ3n) is 3.51. The van der Waals surface area contributed by atoms with Crippen LogP contribution in [0.25, 0.3) is 0 Å². The molecule has 1 aliphatic heterocycles. The molecule has 0 N–H and O–H groups in total. The Kier molecular flexibility index (Phi) is 11.4. The Labute approximate surface area is 142 Å². The van der Waals surface area contributed by atoms with Gasteiger partial charge in [-0.05, 0) is 12.8 Å². The molecule has 140 valence electrons. The van der Waals surface area contributed by atoms with E-state index in [2.05, 4.69) is 0 Å². The molecule has 24 heavy (non-hydrogen) atoms. The van der Waals surface area contributed by atoms with Crippen molar-refractivity contribution >= 4 is 11.9 Å². The zero-order valence-electron chi connectivity index (χ0n) is 14.5. The minimum atomic E-state index is -0.583. The fourth-order valence-corrected chi connectivity index (χ4v) is 2.20. The lowest BCUT2D eigenvalue weighted by atomic mass is 10.1. The van der Waals surface area contributed by atoms with Crippen molar-refractivity contribution in [3.63, 3.8) is 0 Å². The molecular formula is C16H28O8. The normalized spacial score (nSPS) is 24.6. The highest BCUT2D eigenvalue weighted by molar-refractivity contribution is 5.71. The predicted octanol–water partition coefficient (Wildman–Crippen LogP) is 0.710. The van der Waals surface area contributed by atoms with E-state index in [1.165, 1.54) is 14.2 Å². The maximum absolute atomic E-state index is 11.6. The molecule has 1 heterocycles. The molecule has 1 fully saturated rings. The van der Waals surface area contributed by atoms with Gasteiger partial charge in [-0.15, -0.1) is 0 Å². The molecular weight excluding hydrogens is 320 g/mol. The number of carbonyl (C=O) groups excluding carboxylic acids is 2. The number of carbonyl (C=O) groups is 2. The first-order chi connectivity index (χ1) is 11.7. The van der Waals surface area contributed by atoms with Gasteiger partial charge in [0.15, 0.2) is 0 Å². The van der Waals surface area contributed by atoms with Gasteiger partial charge in [-0.1, -0.05) is 0 Å². The predicted molar refractivity (Wildman–Crippen MR) is 83.6 cm³/mol. The van der Waals surface area contributed by atoms with E-state index in [1.807, 2.05) is 0 Å². The molecule has 0 amide bonds. The summed E-state index contributed by atoms with van der Waals surface area (Å²) in [6, 6.07) is 0. The lowest BCUT2D eigenvalue weighted by Crippen LogP contribution is -2.37. The van der Waals surface area contributed by atoms with Gasteiger partial charge in [0.05, 0.1) is 52.5 Å². The zero-order valence-corrected chi connectivity index (χ0v) is 14.5. The highest BCUT2D eigenvalue weighted by Crippen LogP contribution is 2.15. The number of rotatable bonds is 4. The second-order valence-electron chi connectivity index (χ2n) is 5.31. The highest BCUT2D eigenvalue weighted by Gasteiger charge is 2.29. The summed E-state index contributed by atoms with van der Waals surface area (Å²) in [6.45, 7) is 2.94. The van der Waals surface area contributed by atoms with E-state index in [1.54, 1.807) is 0 Å². The number of ether oxygens (including phenoxy) is 6. The van der Waals surface area contributed by atoms with Crippen molar-refractivity contribution in [3.05, 3.63) is 0 Å². The van der Waals surface area contributed by atoms with E-state index in [0.717, 1.165) is 0 Å². The average Bonchev–Trinajstić information content (AvgIpc) is 2.59. The van der Waals surface area contributed by atoms with E-state index >= 15 is 0 Å². The van der Waals surface area contributed by atoms with Gasteiger partial charge in [0, 0.05) is 26.4 Å². The molecule has 0 aromatic heterocycles. The van der Waals surface area contributed by atoms with Crippen LogP contribution in [-0.4, -0.2) is 78.0 Å². The molecule has 0 unspecified atom stereocenters. The summed E-state index contributed by atoms with van der Waals surface area (Å²) in [7, 11) is 2.62. The van der Waals surface area contributed by atoms with E-state index < -0.39 is 24.1 Å². The summed E-state index contributed by atoms with van der Waals surface area (Å²) in [5.41, 5.74) is 0. The van der Waals surface area contributed by atoms with Crippen LogP contribution in [0.4, 0.5) is 0 Å². The Bertz CT molecular complexity index is 326. The lowest BCUT2D eigenvalue weighted by molar-refractivity contribution is -0.156. The summed E-state index contributed by atoms with van der Waals surface area (Å²) >= 11 is 0. The maximum Gasteiger partial charge on any atom is 0.308 e. The van der Waals surface area contributed by atoms with Crippen LogP contribution in [0.1, 0.15) is 25.7 Å². The monoisotopic (exact) mass is 348 g/mol. The first kappa shape index (κ1) is 20.8. The summed E-state index contributed by atoms with van der Waals surface area (Å²) in [6.07, 6.45) is 0.192. The molecule has 1 saturated heterocycles. The van der Waals surface area contributed by atoms with Crippen LogP contribution in [0.15, 0.2) is 0 Å². The molecule has 0 aromatic rings. The molecule has 0 radical (unpaired) electrons. The van der Waals surface area contributed by atoms with Crippen molar-refractivity contribution in [2.45, 2.75) is 37.9 Å².